The van der Waals surface area contributed by atoms with Crippen LogP contribution in [0.25, 0.3) is 0 Å². The molecule has 2 atom stereocenters. The van der Waals surface area contributed by atoms with Crippen LogP contribution in [0.1, 0.15) is 12.1 Å². The van der Waals surface area contributed by atoms with E-state index in [-0.39, 0.29) is 12.0 Å². The predicted molar refractivity (Wildman–Crippen MR) is 62.5 cm³/mol. The smallest absolute Gasteiger partial charge is 0.323 e. The number of hydrogen-bond donors (Lipinski definition) is 3. The van der Waals surface area contributed by atoms with Gasteiger partial charge >= 0.3 is 5.97 Å². The molecule has 0 bridgehead atoms. The number of ether oxygens (including phenoxy) is 1. The van der Waals surface area contributed by atoms with Crippen LogP contribution in [0.3, 0.4) is 0 Å². The summed E-state index contributed by atoms with van der Waals surface area (Å²) in [5.74, 6) is -0.230. The Morgan fingerprint density at radius 2 is 2.65 bits per heavy atom. The van der Waals surface area contributed by atoms with Gasteiger partial charge < -0.3 is 15.0 Å². The molecule has 1 aromatic heterocycles. The van der Waals surface area contributed by atoms with Crippen molar-refractivity contribution in [2.24, 2.45) is 0 Å². The van der Waals surface area contributed by atoms with Crippen LogP contribution in [0.15, 0.2) is 12.5 Å². The van der Waals surface area contributed by atoms with Gasteiger partial charge in [-0.05, 0) is 13.0 Å². The van der Waals surface area contributed by atoms with Gasteiger partial charge in [0, 0.05) is 30.9 Å². The second-order valence-electron chi connectivity index (χ2n) is 4.21. The quantitative estimate of drug-likeness (QED) is 0.600. The zero-order chi connectivity index (χ0) is 12.1. The van der Waals surface area contributed by atoms with E-state index < -0.39 is 0 Å². The van der Waals surface area contributed by atoms with Crippen molar-refractivity contribution in [1.29, 1.82) is 0 Å². The van der Waals surface area contributed by atoms with Crippen LogP contribution < -0.4 is 10.6 Å². The van der Waals surface area contributed by atoms with E-state index in [0.717, 1.165) is 25.2 Å². The molecule has 94 valence electrons. The first-order chi connectivity index (χ1) is 8.29. The Bertz CT molecular complexity index is 346. The highest BCUT2D eigenvalue weighted by molar-refractivity contribution is 5.76. The lowest BCUT2D eigenvalue weighted by atomic mass is 10.1. The lowest BCUT2D eigenvalue weighted by Gasteiger charge is -2.19. The molecule has 6 heteroatoms. The second-order valence-corrected chi connectivity index (χ2v) is 4.21. The Balaban J connectivity index is 1.94. The zero-order valence-electron chi connectivity index (χ0n) is 9.90. The average molecular weight is 238 g/mol. The maximum atomic E-state index is 11.7. The Morgan fingerprint density at radius 3 is 3.24 bits per heavy atom. The molecule has 0 radical (unpaired) electrons. The van der Waals surface area contributed by atoms with E-state index in [1.54, 1.807) is 12.5 Å². The van der Waals surface area contributed by atoms with Crippen molar-refractivity contribution >= 4 is 5.97 Å². The topological polar surface area (TPSA) is 79.0 Å². The van der Waals surface area contributed by atoms with Gasteiger partial charge in [0.15, 0.2) is 0 Å². The summed E-state index contributed by atoms with van der Waals surface area (Å²) in [5, 5.41) is 6.58. The molecular formula is C11H18N4O2. The molecule has 2 rings (SSSR count). The summed E-state index contributed by atoms with van der Waals surface area (Å²) in [7, 11) is 1.41. The number of carbonyl (C=O) groups excluding carboxylic acids is 1. The molecule has 2 unspecified atom stereocenters. The standard InChI is InChI=1S/C11H18N4O2/c1-17-11(16)10(4-9-6-13-7-14-9)15-8-2-3-12-5-8/h6-8,10,12,15H,2-5H2,1H3,(H,13,14). The minimum atomic E-state index is -0.314. The lowest BCUT2D eigenvalue weighted by molar-refractivity contribution is -0.143. The van der Waals surface area contributed by atoms with E-state index in [4.69, 9.17) is 4.74 Å². The highest BCUT2D eigenvalue weighted by Gasteiger charge is 2.25. The molecule has 1 aliphatic rings. The van der Waals surface area contributed by atoms with Gasteiger partial charge in [-0.25, -0.2) is 4.98 Å². The van der Waals surface area contributed by atoms with Crippen LogP contribution in [0, 0.1) is 0 Å². The number of esters is 1. The predicted octanol–water partition coefficient (Wildman–Crippen LogP) is -0.555. The molecule has 1 saturated heterocycles. The number of aromatic nitrogens is 2. The van der Waals surface area contributed by atoms with E-state index in [0.29, 0.717) is 12.5 Å². The maximum absolute atomic E-state index is 11.7. The molecular weight excluding hydrogens is 220 g/mol. The molecule has 0 aromatic carbocycles. The SMILES string of the molecule is COC(=O)C(Cc1cnc[nH]1)NC1CCNC1. The number of aromatic amines is 1. The second kappa shape index (κ2) is 5.79. The first-order valence-corrected chi connectivity index (χ1v) is 5.81. The van der Waals surface area contributed by atoms with E-state index >= 15 is 0 Å². The van der Waals surface area contributed by atoms with E-state index in [2.05, 4.69) is 20.6 Å². The van der Waals surface area contributed by atoms with E-state index in [1.165, 1.54) is 7.11 Å². The van der Waals surface area contributed by atoms with Gasteiger partial charge in [-0.15, -0.1) is 0 Å². The minimum Gasteiger partial charge on any atom is -0.468 e. The molecule has 3 N–H and O–H groups in total. The number of H-pyrrole nitrogens is 1. The van der Waals surface area contributed by atoms with Gasteiger partial charge in [0.05, 0.1) is 13.4 Å². The van der Waals surface area contributed by atoms with Gasteiger partial charge in [0.2, 0.25) is 0 Å². The van der Waals surface area contributed by atoms with Gasteiger partial charge in [0.25, 0.3) is 0 Å². The van der Waals surface area contributed by atoms with Gasteiger partial charge in [-0.2, -0.15) is 0 Å². The van der Waals surface area contributed by atoms with Crippen LogP contribution >= 0.6 is 0 Å². The van der Waals surface area contributed by atoms with Crippen molar-refractivity contribution in [2.45, 2.75) is 24.9 Å². The molecule has 1 fully saturated rings. The van der Waals surface area contributed by atoms with Crippen molar-refractivity contribution in [3.05, 3.63) is 18.2 Å². The number of imidazole rings is 1. The van der Waals surface area contributed by atoms with Crippen molar-refractivity contribution < 1.29 is 9.53 Å². The van der Waals surface area contributed by atoms with E-state index in [1.807, 2.05) is 0 Å². The highest BCUT2D eigenvalue weighted by atomic mass is 16.5. The third kappa shape index (κ3) is 3.28. The Kier molecular flexibility index (Phi) is 4.11. The summed E-state index contributed by atoms with van der Waals surface area (Å²) < 4.78 is 4.82. The molecule has 1 aliphatic heterocycles. The van der Waals surface area contributed by atoms with Gasteiger partial charge in [-0.1, -0.05) is 0 Å². The van der Waals surface area contributed by atoms with Gasteiger partial charge in [-0.3, -0.25) is 10.1 Å². The number of carbonyl (C=O) groups is 1. The highest BCUT2D eigenvalue weighted by Crippen LogP contribution is 2.05. The van der Waals surface area contributed by atoms with E-state index in [9.17, 15) is 4.79 Å². The van der Waals surface area contributed by atoms with Crippen molar-refractivity contribution in [3.63, 3.8) is 0 Å². The van der Waals surface area contributed by atoms with Crippen LogP contribution in [0.4, 0.5) is 0 Å². The molecule has 6 nitrogen and oxygen atoms in total. The fraction of sp³-hybridized carbons (Fsp3) is 0.636. The molecule has 0 saturated carbocycles. The number of nitrogens with zero attached hydrogens (tertiary/aromatic N) is 1. The minimum absolute atomic E-state index is 0.230. The largest absolute Gasteiger partial charge is 0.468 e. The fourth-order valence-electron chi connectivity index (χ4n) is 2.05. The summed E-state index contributed by atoms with van der Waals surface area (Å²) in [6.45, 7) is 1.89. The normalized spacial score (nSPS) is 21.4. The first kappa shape index (κ1) is 12.1. The molecule has 17 heavy (non-hydrogen) atoms. The van der Waals surface area contributed by atoms with Crippen LogP contribution in [-0.4, -0.2) is 48.2 Å². The number of methoxy groups -OCH3 is 1. The molecule has 2 heterocycles. The summed E-state index contributed by atoms with van der Waals surface area (Å²) in [6, 6.07) is 0.0207. The third-order valence-corrected chi connectivity index (χ3v) is 2.96. The fourth-order valence-corrected chi connectivity index (χ4v) is 2.05. The molecule has 0 spiro atoms. The summed E-state index contributed by atoms with van der Waals surface area (Å²) >= 11 is 0. The summed E-state index contributed by atoms with van der Waals surface area (Å²) in [5.41, 5.74) is 0.929. The molecule has 1 aromatic rings. The van der Waals surface area contributed by atoms with Gasteiger partial charge in [0.1, 0.15) is 6.04 Å². The summed E-state index contributed by atoms with van der Waals surface area (Å²) in [6.07, 6.45) is 4.95. The Labute approximate surface area is 100 Å². The maximum Gasteiger partial charge on any atom is 0.323 e. The van der Waals surface area contributed by atoms with Crippen LogP contribution in [0.5, 0.6) is 0 Å². The summed E-state index contributed by atoms with van der Waals surface area (Å²) in [4.78, 5) is 18.6. The number of hydrogen-bond acceptors (Lipinski definition) is 5. The Morgan fingerprint density at radius 1 is 1.76 bits per heavy atom. The molecule has 0 aliphatic carbocycles. The number of nitrogens with one attached hydrogen (secondary N) is 3. The number of rotatable bonds is 5. The van der Waals surface area contributed by atoms with Crippen LogP contribution in [0.2, 0.25) is 0 Å². The molecule has 0 amide bonds. The average Bonchev–Trinajstić information content (AvgIpc) is 3.00. The monoisotopic (exact) mass is 238 g/mol. The van der Waals surface area contributed by atoms with Crippen molar-refractivity contribution in [2.75, 3.05) is 20.2 Å². The first-order valence-electron chi connectivity index (χ1n) is 5.81. The van der Waals surface area contributed by atoms with Crippen LogP contribution in [-0.2, 0) is 16.0 Å². The lowest BCUT2D eigenvalue weighted by Crippen LogP contribution is -2.46. The zero-order valence-corrected chi connectivity index (χ0v) is 9.90. The van der Waals surface area contributed by atoms with Crippen molar-refractivity contribution in [3.8, 4) is 0 Å². The van der Waals surface area contributed by atoms with Crippen molar-refractivity contribution in [1.82, 2.24) is 20.6 Å². The Hall–Kier alpha value is -1.40. The third-order valence-electron chi connectivity index (χ3n) is 2.96.